The van der Waals surface area contributed by atoms with Gasteiger partial charge in [-0.25, -0.2) is 12.7 Å². The van der Waals surface area contributed by atoms with Gasteiger partial charge < -0.3 is 5.32 Å². The molecule has 0 aromatic rings. The van der Waals surface area contributed by atoms with Crippen LogP contribution in [0.25, 0.3) is 0 Å². The highest BCUT2D eigenvalue weighted by Crippen LogP contribution is 2.28. The summed E-state index contributed by atoms with van der Waals surface area (Å²) in [5, 5.41) is 3.44. The van der Waals surface area contributed by atoms with Gasteiger partial charge >= 0.3 is 0 Å². The first-order valence-corrected chi connectivity index (χ1v) is 9.06. The highest BCUT2D eigenvalue weighted by atomic mass is 32.2. The Bertz CT molecular complexity index is 348. The number of nitrogens with one attached hydrogen (secondary N) is 1. The minimum atomic E-state index is -2.99. The Morgan fingerprint density at radius 2 is 1.89 bits per heavy atom. The lowest BCUT2D eigenvalue weighted by atomic mass is 9.85. The average molecular weight is 274 g/mol. The zero-order valence-corrected chi connectivity index (χ0v) is 12.2. The van der Waals surface area contributed by atoms with E-state index in [1.54, 1.807) is 4.31 Å². The number of nitrogens with zero attached hydrogens (tertiary/aromatic N) is 1. The molecule has 0 amide bonds. The molecule has 0 aromatic carbocycles. The van der Waals surface area contributed by atoms with Crippen molar-refractivity contribution >= 4 is 10.0 Å². The number of rotatable bonds is 3. The van der Waals surface area contributed by atoms with Crippen LogP contribution in [0.1, 0.15) is 38.5 Å². The Labute approximate surface area is 111 Å². The quantitative estimate of drug-likeness (QED) is 0.847. The fourth-order valence-electron chi connectivity index (χ4n) is 3.32. The van der Waals surface area contributed by atoms with Crippen LogP contribution < -0.4 is 5.32 Å². The van der Waals surface area contributed by atoms with Crippen molar-refractivity contribution in [3.8, 4) is 0 Å². The molecule has 106 valence electrons. The van der Waals surface area contributed by atoms with Crippen molar-refractivity contribution in [3.63, 3.8) is 0 Å². The summed E-state index contributed by atoms with van der Waals surface area (Å²) in [6, 6.07) is 0. The minimum Gasteiger partial charge on any atom is -0.317 e. The van der Waals surface area contributed by atoms with E-state index in [4.69, 9.17) is 0 Å². The summed E-state index contributed by atoms with van der Waals surface area (Å²) in [5.41, 5.74) is 0. The molecule has 0 aliphatic carbocycles. The van der Waals surface area contributed by atoms with Crippen LogP contribution in [0, 0.1) is 11.8 Å². The second-order valence-corrected chi connectivity index (χ2v) is 7.89. The number of piperidine rings is 1. The predicted molar refractivity (Wildman–Crippen MR) is 74.0 cm³/mol. The second-order valence-electron chi connectivity index (χ2n) is 5.91. The van der Waals surface area contributed by atoms with Crippen LogP contribution in [0.15, 0.2) is 0 Å². The van der Waals surface area contributed by atoms with E-state index in [9.17, 15) is 8.42 Å². The van der Waals surface area contributed by atoms with Crippen LogP contribution in [0.2, 0.25) is 0 Å². The molecule has 0 bridgehead atoms. The first-order valence-electron chi connectivity index (χ1n) is 7.21. The van der Waals surface area contributed by atoms with E-state index in [0.717, 1.165) is 38.5 Å². The molecule has 5 heteroatoms. The zero-order chi connectivity index (χ0) is 13.0. The monoisotopic (exact) mass is 274 g/mol. The third-order valence-corrected chi connectivity index (χ3v) is 5.58. The summed E-state index contributed by atoms with van der Waals surface area (Å²) in [6.45, 7) is 3.76. The van der Waals surface area contributed by atoms with Gasteiger partial charge in [-0.1, -0.05) is 0 Å². The largest absolute Gasteiger partial charge is 0.317 e. The van der Waals surface area contributed by atoms with Crippen LogP contribution in [0.5, 0.6) is 0 Å². The fraction of sp³-hybridized carbons (Fsp3) is 1.00. The summed E-state index contributed by atoms with van der Waals surface area (Å²) in [4.78, 5) is 0. The molecule has 0 saturated carbocycles. The van der Waals surface area contributed by atoms with Crippen LogP contribution in [0.4, 0.5) is 0 Å². The lowest BCUT2D eigenvalue weighted by molar-refractivity contribution is 0.224. The van der Waals surface area contributed by atoms with Crippen molar-refractivity contribution in [2.24, 2.45) is 11.8 Å². The van der Waals surface area contributed by atoms with E-state index in [2.05, 4.69) is 5.32 Å². The van der Waals surface area contributed by atoms with Crippen LogP contribution in [-0.2, 0) is 10.0 Å². The van der Waals surface area contributed by atoms with Crippen molar-refractivity contribution in [1.29, 1.82) is 0 Å². The third kappa shape index (κ3) is 4.21. The van der Waals surface area contributed by atoms with Gasteiger partial charge in [0.2, 0.25) is 10.0 Å². The number of sulfonamides is 1. The standard InChI is InChI=1S/C13H26N2O2S/c1-18(16,17)15-9-3-5-13(11-15)10-12-4-2-7-14-8-6-12/h12-14H,2-11H2,1H3. The SMILES string of the molecule is CS(=O)(=O)N1CCCC(CC2CCCNCC2)C1. The molecule has 2 fully saturated rings. The van der Waals surface area contributed by atoms with Gasteiger partial charge in [0.1, 0.15) is 0 Å². The lowest BCUT2D eigenvalue weighted by Crippen LogP contribution is -2.39. The van der Waals surface area contributed by atoms with Gasteiger partial charge in [0, 0.05) is 13.1 Å². The summed E-state index contributed by atoms with van der Waals surface area (Å²) in [6.07, 6.45) is 8.63. The third-order valence-electron chi connectivity index (χ3n) is 4.31. The first-order chi connectivity index (χ1) is 8.55. The average Bonchev–Trinajstić information content (AvgIpc) is 2.57. The highest BCUT2D eigenvalue weighted by molar-refractivity contribution is 7.88. The van der Waals surface area contributed by atoms with E-state index in [1.165, 1.54) is 38.4 Å². The predicted octanol–water partition coefficient (Wildman–Crippen LogP) is 1.44. The highest BCUT2D eigenvalue weighted by Gasteiger charge is 2.27. The Morgan fingerprint density at radius 3 is 2.67 bits per heavy atom. The van der Waals surface area contributed by atoms with Gasteiger partial charge in [0.05, 0.1) is 6.26 Å². The Hall–Kier alpha value is -0.130. The van der Waals surface area contributed by atoms with Crippen LogP contribution >= 0.6 is 0 Å². The van der Waals surface area contributed by atoms with Crippen LogP contribution in [-0.4, -0.2) is 45.2 Å². The summed E-state index contributed by atoms with van der Waals surface area (Å²) >= 11 is 0. The first kappa shape index (κ1) is 14.3. The smallest absolute Gasteiger partial charge is 0.211 e. The molecule has 2 saturated heterocycles. The molecule has 0 aromatic heterocycles. The zero-order valence-electron chi connectivity index (χ0n) is 11.4. The summed E-state index contributed by atoms with van der Waals surface area (Å²) in [5.74, 6) is 1.38. The molecular weight excluding hydrogens is 248 g/mol. The van der Waals surface area contributed by atoms with E-state index >= 15 is 0 Å². The van der Waals surface area contributed by atoms with Crippen molar-refractivity contribution in [2.45, 2.75) is 38.5 Å². The second kappa shape index (κ2) is 6.35. The molecule has 0 radical (unpaired) electrons. The molecule has 2 rings (SSSR count). The van der Waals surface area contributed by atoms with Gasteiger partial charge in [-0.15, -0.1) is 0 Å². The van der Waals surface area contributed by atoms with Gasteiger partial charge in [0.15, 0.2) is 0 Å². The van der Waals surface area contributed by atoms with E-state index in [-0.39, 0.29) is 0 Å². The summed E-state index contributed by atoms with van der Waals surface area (Å²) < 4.78 is 24.9. The molecule has 1 N–H and O–H groups in total. The molecule has 2 unspecified atom stereocenters. The molecule has 2 atom stereocenters. The molecule has 18 heavy (non-hydrogen) atoms. The number of hydrogen-bond acceptors (Lipinski definition) is 3. The minimum absolute atomic E-state index is 0.580. The van der Waals surface area contributed by atoms with Gasteiger partial charge in [-0.2, -0.15) is 0 Å². The normalized spacial score (nSPS) is 32.1. The maximum Gasteiger partial charge on any atom is 0.211 e. The van der Waals surface area contributed by atoms with Crippen LogP contribution in [0.3, 0.4) is 0 Å². The molecule has 4 nitrogen and oxygen atoms in total. The van der Waals surface area contributed by atoms with Crippen molar-refractivity contribution in [3.05, 3.63) is 0 Å². The Kier molecular flexibility index (Phi) is 5.04. The lowest BCUT2D eigenvalue weighted by Gasteiger charge is -2.32. The van der Waals surface area contributed by atoms with Gasteiger partial charge in [-0.3, -0.25) is 0 Å². The topological polar surface area (TPSA) is 49.4 Å². The maximum absolute atomic E-state index is 11.6. The maximum atomic E-state index is 11.6. The molecule has 2 heterocycles. The molecular formula is C13H26N2O2S. The van der Waals surface area contributed by atoms with Crippen molar-refractivity contribution in [1.82, 2.24) is 9.62 Å². The Morgan fingerprint density at radius 1 is 1.11 bits per heavy atom. The number of hydrogen-bond donors (Lipinski definition) is 1. The molecule has 0 spiro atoms. The van der Waals surface area contributed by atoms with E-state index < -0.39 is 10.0 Å². The molecule has 2 aliphatic rings. The fourth-order valence-corrected chi connectivity index (χ4v) is 4.26. The van der Waals surface area contributed by atoms with Gasteiger partial charge in [-0.05, 0) is 63.5 Å². The molecule has 2 aliphatic heterocycles. The van der Waals surface area contributed by atoms with E-state index in [0.29, 0.717) is 5.92 Å². The van der Waals surface area contributed by atoms with Gasteiger partial charge in [0.25, 0.3) is 0 Å². The summed E-state index contributed by atoms with van der Waals surface area (Å²) in [7, 11) is -2.99. The van der Waals surface area contributed by atoms with E-state index in [1.807, 2.05) is 0 Å². The van der Waals surface area contributed by atoms with Crippen molar-refractivity contribution in [2.75, 3.05) is 32.4 Å². The van der Waals surface area contributed by atoms with Crippen molar-refractivity contribution < 1.29 is 8.42 Å². The Balaban J connectivity index is 1.85.